The van der Waals surface area contributed by atoms with Crippen molar-refractivity contribution in [3.8, 4) is 22.1 Å². The van der Waals surface area contributed by atoms with Crippen LogP contribution in [0.1, 0.15) is 28.5 Å². The van der Waals surface area contributed by atoms with E-state index in [1.54, 1.807) is 25.1 Å². The van der Waals surface area contributed by atoms with Gasteiger partial charge in [0.15, 0.2) is 5.75 Å². The Morgan fingerprint density at radius 1 is 1.10 bits per heavy atom. The molecule has 2 aromatic heterocycles. The number of hydrogen-bond acceptors (Lipinski definition) is 6. The molecule has 0 saturated carbocycles. The number of hydrogen-bond donors (Lipinski definition) is 0. The topological polar surface area (TPSA) is 57.7 Å². The standard InChI is InChI=1S/C21H18F3NO4S/c1-12-8-16(5-7-18(12)29-28-14(3)26)27-11-20-13(2)9-19(30-20)17-6-4-15(10-25-17)21(22,23)24/h4-10H,11H2,1-3H3. The van der Waals surface area contributed by atoms with Crippen molar-refractivity contribution >= 4 is 17.3 Å². The first-order chi connectivity index (χ1) is 14.1. The Labute approximate surface area is 175 Å². The molecule has 2 heterocycles. The Bertz CT molecular complexity index is 1050. The van der Waals surface area contributed by atoms with Crippen LogP contribution in [0, 0.1) is 13.8 Å². The number of alkyl halides is 3. The molecule has 0 amide bonds. The van der Waals surface area contributed by atoms with E-state index >= 15 is 0 Å². The summed E-state index contributed by atoms with van der Waals surface area (Å²) >= 11 is 1.41. The molecule has 0 spiro atoms. The van der Waals surface area contributed by atoms with Gasteiger partial charge < -0.3 is 4.74 Å². The number of carbonyl (C=O) groups is 1. The summed E-state index contributed by atoms with van der Waals surface area (Å²) in [7, 11) is 0. The molecule has 0 radical (unpaired) electrons. The lowest BCUT2D eigenvalue weighted by Crippen LogP contribution is -2.05. The number of nitrogens with zero attached hydrogens (tertiary/aromatic N) is 1. The van der Waals surface area contributed by atoms with Crippen LogP contribution in [-0.2, 0) is 22.5 Å². The van der Waals surface area contributed by atoms with Crippen LogP contribution in [0.5, 0.6) is 11.5 Å². The molecule has 9 heteroatoms. The van der Waals surface area contributed by atoms with Gasteiger partial charge >= 0.3 is 12.1 Å². The first-order valence-electron chi connectivity index (χ1n) is 8.85. The molecule has 0 unspecified atom stereocenters. The second-order valence-electron chi connectivity index (χ2n) is 6.52. The van der Waals surface area contributed by atoms with E-state index in [4.69, 9.17) is 9.62 Å². The van der Waals surface area contributed by atoms with Gasteiger partial charge in [0.2, 0.25) is 0 Å². The summed E-state index contributed by atoms with van der Waals surface area (Å²) in [6.07, 6.45) is -3.57. The lowest BCUT2D eigenvalue weighted by molar-refractivity contribution is -0.211. The molecule has 3 rings (SSSR count). The number of rotatable bonds is 6. The number of carbonyl (C=O) groups excluding carboxylic acids is 1. The highest BCUT2D eigenvalue weighted by molar-refractivity contribution is 7.15. The molecule has 0 aliphatic heterocycles. The highest BCUT2D eigenvalue weighted by atomic mass is 32.1. The van der Waals surface area contributed by atoms with Crippen LogP contribution in [0.25, 0.3) is 10.6 Å². The van der Waals surface area contributed by atoms with Gasteiger partial charge in [-0.25, -0.2) is 4.79 Å². The van der Waals surface area contributed by atoms with E-state index in [2.05, 4.69) is 9.87 Å². The lowest BCUT2D eigenvalue weighted by atomic mass is 10.2. The minimum Gasteiger partial charge on any atom is -0.488 e. The molecule has 0 aliphatic rings. The van der Waals surface area contributed by atoms with Gasteiger partial charge in [-0.1, -0.05) is 0 Å². The molecule has 0 fully saturated rings. The Hall–Kier alpha value is -3.07. The van der Waals surface area contributed by atoms with E-state index in [9.17, 15) is 18.0 Å². The maximum Gasteiger partial charge on any atom is 0.417 e. The van der Waals surface area contributed by atoms with Crippen molar-refractivity contribution in [1.29, 1.82) is 0 Å². The van der Waals surface area contributed by atoms with Crippen LogP contribution in [0.2, 0.25) is 0 Å². The van der Waals surface area contributed by atoms with E-state index in [0.29, 0.717) is 23.8 Å². The number of aromatic nitrogens is 1. The number of thiophene rings is 1. The number of pyridine rings is 1. The molecule has 0 saturated heterocycles. The fourth-order valence-corrected chi connectivity index (χ4v) is 3.62. The predicted molar refractivity (Wildman–Crippen MR) is 105 cm³/mol. The normalized spacial score (nSPS) is 11.3. The summed E-state index contributed by atoms with van der Waals surface area (Å²) in [5, 5.41) is 0. The zero-order valence-corrected chi connectivity index (χ0v) is 17.2. The summed E-state index contributed by atoms with van der Waals surface area (Å²) in [6, 6.07) is 9.33. The number of aryl methyl sites for hydroxylation is 2. The maximum atomic E-state index is 12.7. The minimum atomic E-state index is -4.41. The van der Waals surface area contributed by atoms with Gasteiger partial charge in [0.05, 0.1) is 16.1 Å². The molecule has 158 valence electrons. The van der Waals surface area contributed by atoms with Gasteiger partial charge in [0, 0.05) is 23.6 Å². The van der Waals surface area contributed by atoms with Gasteiger partial charge in [0.1, 0.15) is 12.4 Å². The van der Waals surface area contributed by atoms with Crippen molar-refractivity contribution in [3.05, 3.63) is 64.2 Å². The Balaban J connectivity index is 1.68. The Morgan fingerprint density at radius 2 is 1.87 bits per heavy atom. The van der Waals surface area contributed by atoms with Crippen LogP contribution in [-0.4, -0.2) is 11.0 Å². The second kappa shape index (κ2) is 8.74. The highest BCUT2D eigenvalue weighted by Crippen LogP contribution is 2.34. The van der Waals surface area contributed by atoms with Crippen LogP contribution in [0.15, 0.2) is 42.6 Å². The van der Waals surface area contributed by atoms with Crippen LogP contribution < -0.4 is 9.62 Å². The smallest absolute Gasteiger partial charge is 0.417 e. The summed E-state index contributed by atoms with van der Waals surface area (Å²) in [6.45, 7) is 5.23. The van der Waals surface area contributed by atoms with Crippen LogP contribution >= 0.6 is 11.3 Å². The quantitative estimate of drug-likeness (QED) is 0.356. The van der Waals surface area contributed by atoms with Gasteiger partial charge in [-0.05, 0) is 55.8 Å². The molecule has 0 bridgehead atoms. The van der Waals surface area contributed by atoms with Gasteiger partial charge in [-0.2, -0.15) is 13.2 Å². The third kappa shape index (κ3) is 5.29. The fraction of sp³-hybridized carbons (Fsp3) is 0.238. The van der Waals surface area contributed by atoms with Crippen molar-refractivity contribution < 1.29 is 32.5 Å². The van der Waals surface area contributed by atoms with Crippen molar-refractivity contribution in [2.75, 3.05) is 0 Å². The van der Waals surface area contributed by atoms with Gasteiger partial charge in [-0.15, -0.1) is 11.3 Å². The predicted octanol–water partition coefficient (Wildman–Crippen LogP) is 5.88. The molecule has 30 heavy (non-hydrogen) atoms. The van der Waals surface area contributed by atoms with Crippen molar-refractivity contribution in [3.63, 3.8) is 0 Å². The van der Waals surface area contributed by atoms with Crippen molar-refractivity contribution in [1.82, 2.24) is 4.98 Å². The Kier molecular flexibility index (Phi) is 6.31. The summed E-state index contributed by atoms with van der Waals surface area (Å²) in [5.41, 5.74) is 1.39. The average molecular weight is 437 g/mol. The van der Waals surface area contributed by atoms with E-state index in [1.165, 1.54) is 24.3 Å². The third-order valence-electron chi connectivity index (χ3n) is 4.13. The number of benzene rings is 1. The molecule has 3 aromatic rings. The van der Waals surface area contributed by atoms with E-state index in [1.807, 2.05) is 13.0 Å². The molecule has 0 aliphatic carbocycles. The van der Waals surface area contributed by atoms with Gasteiger partial charge in [-0.3, -0.25) is 14.8 Å². The molecule has 0 N–H and O–H groups in total. The molecule has 1 aromatic carbocycles. The van der Waals surface area contributed by atoms with E-state index < -0.39 is 17.7 Å². The maximum absolute atomic E-state index is 12.7. The van der Waals surface area contributed by atoms with Crippen LogP contribution in [0.3, 0.4) is 0 Å². The first-order valence-corrected chi connectivity index (χ1v) is 9.66. The average Bonchev–Trinajstić information content (AvgIpc) is 3.05. The first kappa shape index (κ1) is 21.6. The molecular weight excluding hydrogens is 419 g/mol. The van der Waals surface area contributed by atoms with E-state index in [0.717, 1.165) is 33.1 Å². The third-order valence-corrected chi connectivity index (χ3v) is 5.36. The minimum absolute atomic E-state index is 0.292. The molecular formula is C21H18F3NO4S. The highest BCUT2D eigenvalue weighted by Gasteiger charge is 2.30. The largest absolute Gasteiger partial charge is 0.488 e. The molecule has 5 nitrogen and oxygen atoms in total. The summed E-state index contributed by atoms with van der Waals surface area (Å²) in [5.74, 6) is 0.450. The summed E-state index contributed by atoms with van der Waals surface area (Å²) < 4.78 is 43.9. The molecule has 0 atom stereocenters. The zero-order valence-electron chi connectivity index (χ0n) is 16.4. The lowest BCUT2D eigenvalue weighted by Gasteiger charge is -2.09. The second-order valence-corrected chi connectivity index (χ2v) is 7.66. The Morgan fingerprint density at radius 3 is 2.47 bits per heavy atom. The van der Waals surface area contributed by atoms with Gasteiger partial charge in [0.25, 0.3) is 0 Å². The van der Waals surface area contributed by atoms with E-state index in [-0.39, 0.29) is 0 Å². The fourth-order valence-electron chi connectivity index (χ4n) is 2.55. The van der Waals surface area contributed by atoms with Crippen LogP contribution in [0.4, 0.5) is 13.2 Å². The van der Waals surface area contributed by atoms with Crippen molar-refractivity contribution in [2.24, 2.45) is 0 Å². The number of ether oxygens (including phenoxy) is 1. The van der Waals surface area contributed by atoms with Crippen molar-refractivity contribution in [2.45, 2.75) is 33.6 Å². The zero-order chi connectivity index (χ0) is 21.9. The SMILES string of the molecule is CC(=O)OOc1ccc(OCc2sc(-c3ccc(C(F)(F)F)cn3)cc2C)cc1C. The number of halogens is 3. The monoisotopic (exact) mass is 437 g/mol. The summed E-state index contributed by atoms with van der Waals surface area (Å²) in [4.78, 5) is 25.9.